The molecule has 0 spiro atoms. The number of aromatic hydroxyl groups is 2. The zero-order chi connectivity index (χ0) is 20.0. The summed E-state index contributed by atoms with van der Waals surface area (Å²) in [5.41, 5.74) is 0.870. The Morgan fingerprint density at radius 3 is 1.68 bits per heavy atom. The van der Waals surface area contributed by atoms with E-state index in [0.29, 0.717) is 0 Å². The fraction of sp³-hybridized carbons (Fsp3) is 0.615. The molecule has 28 heavy (non-hydrogen) atoms. The molecule has 0 atom stereocenters. The third-order valence-corrected chi connectivity index (χ3v) is 5.87. The van der Waals surface area contributed by atoms with E-state index in [0.717, 1.165) is 29.2 Å². The fourth-order valence-electron chi connectivity index (χ4n) is 4.07. The van der Waals surface area contributed by atoms with Crippen LogP contribution in [0, 0.1) is 0 Å². The molecule has 2 heteroatoms. The summed E-state index contributed by atoms with van der Waals surface area (Å²) in [5, 5.41) is 22.2. The Balaban J connectivity index is 1.51. The van der Waals surface area contributed by atoms with E-state index in [1.807, 2.05) is 30.3 Å². The highest BCUT2D eigenvalue weighted by atomic mass is 16.3. The van der Waals surface area contributed by atoms with Gasteiger partial charge in [-0.2, -0.15) is 0 Å². The van der Waals surface area contributed by atoms with Gasteiger partial charge >= 0.3 is 0 Å². The first kappa shape index (κ1) is 22.6. The first-order valence-electron chi connectivity index (χ1n) is 11.7. The monoisotopic (exact) mass is 384 g/mol. The van der Waals surface area contributed by atoms with Gasteiger partial charge in [0.2, 0.25) is 0 Å². The van der Waals surface area contributed by atoms with Crippen LogP contribution >= 0.6 is 0 Å². The van der Waals surface area contributed by atoms with E-state index >= 15 is 0 Å². The predicted octanol–water partition coefficient (Wildman–Crippen LogP) is 8.27. The van der Waals surface area contributed by atoms with Crippen LogP contribution in [0.1, 0.15) is 102 Å². The van der Waals surface area contributed by atoms with Crippen LogP contribution in [0.4, 0.5) is 0 Å². The molecule has 2 N–H and O–H groups in total. The van der Waals surface area contributed by atoms with E-state index < -0.39 is 0 Å². The number of aryl methyl sites for hydroxylation is 1. The Bertz CT molecular complexity index is 677. The van der Waals surface area contributed by atoms with Crippen molar-refractivity contribution in [2.75, 3.05) is 0 Å². The summed E-state index contributed by atoms with van der Waals surface area (Å²) in [6, 6.07) is 9.71. The Hall–Kier alpha value is -1.70. The summed E-state index contributed by atoms with van der Waals surface area (Å²) in [6.07, 6.45) is 19.7. The van der Waals surface area contributed by atoms with Crippen molar-refractivity contribution in [3.63, 3.8) is 0 Å². The molecule has 2 aromatic rings. The van der Waals surface area contributed by atoms with Crippen LogP contribution < -0.4 is 0 Å². The Morgan fingerprint density at radius 1 is 0.607 bits per heavy atom. The maximum atomic E-state index is 10.2. The maximum absolute atomic E-state index is 10.2. The lowest BCUT2D eigenvalue weighted by atomic mass is 9.99. The number of fused-ring (bicyclic) bond motifs is 1. The molecule has 0 bridgehead atoms. The normalized spacial score (nSPS) is 11.3. The zero-order valence-electron chi connectivity index (χ0n) is 17.9. The second-order valence-corrected chi connectivity index (χ2v) is 8.30. The quantitative estimate of drug-likeness (QED) is 0.239. The van der Waals surface area contributed by atoms with E-state index in [1.165, 1.54) is 83.5 Å². The van der Waals surface area contributed by atoms with Gasteiger partial charge in [0, 0.05) is 5.39 Å². The number of phenols is 2. The van der Waals surface area contributed by atoms with Gasteiger partial charge in [-0.1, -0.05) is 115 Å². The van der Waals surface area contributed by atoms with E-state index in [1.54, 1.807) is 0 Å². The minimum Gasteiger partial charge on any atom is -0.504 e. The van der Waals surface area contributed by atoms with Crippen molar-refractivity contribution in [1.82, 2.24) is 0 Å². The van der Waals surface area contributed by atoms with Crippen molar-refractivity contribution in [2.45, 2.75) is 103 Å². The van der Waals surface area contributed by atoms with Crippen molar-refractivity contribution in [2.24, 2.45) is 0 Å². The van der Waals surface area contributed by atoms with Gasteiger partial charge in [-0.25, -0.2) is 0 Å². The molecule has 2 nitrogen and oxygen atoms in total. The second kappa shape index (κ2) is 13.5. The summed E-state index contributed by atoms with van der Waals surface area (Å²) >= 11 is 0. The van der Waals surface area contributed by atoms with Crippen molar-refractivity contribution in [3.8, 4) is 11.5 Å². The molecule has 0 radical (unpaired) electrons. The zero-order valence-corrected chi connectivity index (χ0v) is 17.9. The fourth-order valence-corrected chi connectivity index (χ4v) is 4.07. The molecule has 0 aliphatic rings. The molecule has 0 amide bonds. The van der Waals surface area contributed by atoms with Gasteiger partial charge in [-0.05, 0) is 29.9 Å². The minimum absolute atomic E-state index is 0.0264. The van der Waals surface area contributed by atoms with Gasteiger partial charge in [0.25, 0.3) is 0 Å². The highest BCUT2D eigenvalue weighted by molar-refractivity contribution is 5.91. The summed E-state index contributed by atoms with van der Waals surface area (Å²) in [5.74, 6) is 0.0897. The molecule has 0 unspecified atom stereocenters. The second-order valence-electron chi connectivity index (χ2n) is 8.30. The van der Waals surface area contributed by atoms with Crippen LogP contribution in [0.25, 0.3) is 10.8 Å². The van der Waals surface area contributed by atoms with Crippen LogP contribution in [-0.4, -0.2) is 10.2 Å². The standard InChI is InChI=1S/C26H40O2/c1-2-3-4-5-6-7-8-9-10-11-12-13-14-15-19-23-21-22-18-16-17-20-24(22)26(28)25(23)27/h16-18,20-21,27-28H,2-15,19H2,1H3. The van der Waals surface area contributed by atoms with Crippen molar-refractivity contribution in [1.29, 1.82) is 0 Å². The van der Waals surface area contributed by atoms with E-state index in [4.69, 9.17) is 0 Å². The molecule has 2 rings (SSSR count). The molecule has 0 saturated heterocycles. The van der Waals surface area contributed by atoms with E-state index in [-0.39, 0.29) is 11.5 Å². The Kier molecular flexibility index (Phi) is 10.9. The van der Waals surface area contributed by atoms with Gasteiger partial charge < -0.3 is 10.2 Å². The first-order chi connectivity index (χ1) is 13.7. The van der Waals surface area contributed by atoms with Crippen LogP contribution in [0.2, 0.25) is 0 Å². The smallest absolute Gasteiger partial charge is 0.165 e. The number of hydrogen-bond donors (Lipinski definition) is 2. The summed E-state index contributed by atoms with van der Waals surface area (Å²) in [6.45, 7) is 2.28. The topological polar surface area (TPSA) is 40.5 Å². The molecule has 0 heterocycles. The highest BCUT2D eigenvalue weighted by Gasteiger charge is 2.11. The molecule has 156 valence electrons. The minimum atomic E-state index is 0.0264. The van der Waals surface area contributed by atoms with Crippen molar-refractivity contribution < 1.29 is 10.2 Å². The maximum Gasteiger partial charge on any atom is 0.165 e. The lowest BCUT2D eigenvalue weighted by Gasteiger charge is -2.10. The van der Waals surface area contributed by atoms with E-state index in [9.17, 15) is 10.2 Å². The molecule has 0 saturated carbocycles. The summed E-state index contributed by atoms with van der Waals surface area (Å²) in [7, 11) is 0. The van der Waals surface area contributed by atoms with Crippen molar-refractivity contribution >= 4 is 10.8 Å². The first-order valence-corrected chi connectivity index (χ1v) is 11.7. The number of phenolic OH excluding ortho intramolecular Hbond substituents is 2. The Labute approximate surface area is 172 Å². The van der Waals surface area contributed by atoms with Crippen molar-refractivity contribution in [3.05, 3.63) is 35.9 Å². The third kappa shape index (κ3) is 7.73. The largest absolute Gasteiger partial charge is 0.504 e. The lowest BCUT2D eigenvalue weighted by molar-refractivity contribution is 0.403. The van der Waals surface area contributed by atoms with Gasteiger partial charge in [-0.15, -0.1) is 0 Å². The lowest BCUT2D eigenvalue weighted by Crippen LogP contribution is -1.89. The average Bonchev–Trinajstić information content (AvgIpc) is 2.71. The number of hydrogen-bond acceptors (Lipinski definition) is 2. The van der Waals surface area contributed by atoms with Crippen LogP contribution in [0.15, 0.2) is 30.3 Å². The van der Waals surface area contributed by atoms with Gasteiger partial charge in [0.1, 0.15) is 0 Å². The summed E-state index contributed by atoms with van der Waals surface area (Å²) < 4.78 is 0. The average molecular weight is 385 g/mol. The SMILES string of the molecule is CCCCCCCCCCCCCCCCc1cc2ccccc2c(O)c1O. The third-order valence-electron chi connectivity index (χ3n) is 5.87. The van der Waals surface area contributed by atoms with Gasteiger partial charge in [0.05, 0.1) is 0 Å². The molecular formula is C26H40O2. The molecular weight excluding hydrogens is 344 g/mol. The van der Waals surface area contributed by atoms with Crippen LogP contribution in [0.3, 0.4) is 0 Å². The molecule has 2 aromatic carbocycles. The number of rotatable bonds is 15. The molecule has 0 aliphatic carbocycles. The number of benzene rings is 2. The Morgan fingerprint density at radius 2 is 1.11 bits per heavy atom. The highest BCUT2D eigenvalue weighted by Crippen LogP contribution is 2.37. The molecule has 0 aromatic heterocycles. The molecule has 0 aliphatic heterocycles. The predicted molar refractivity (Wildman–Crippen MR) is 121 cm³/mol. The van der Waals surface area contributed by atoms with Gasteiger partial charge in [0.15, 0.2) is 11.5 Å². The summed E-state index contributed by atoms with van der Waals surface area (Å²) in [4.78, 5) is 0. The van der Waals surface area contributed by atoms with Crippen LogP contribution in [-0.2, 0) is 6.42 Å². The van der Waals surface area contributed by atoms with E-state index in [2.05, 4.69) is 6.92 Å². The molecule has 0 fully saturated rings. The number of unbranched alkanes of at least 4 members (excludes halogenated alkanes) is 13. The van der Waals surface area contributed by atoms with Crippen LogP contribution in [0.5, 0.6) is 11.5 Å². The van der Waals surface area contributed by atoms with Gasteiger partial charge in [-0.3, -0.25) is 0 Å².